The van der Waals surface area contributed by atoms with E-state index in [-0.39, 0.29) is 0 Å². The summed E-state index contributed by atoms with van der Waals surface area (Å²) in [5.41, 5.74) is 0. The zero-order chi connectivity index (χ0) is 12.9. The van der Waals surface area contributed by atoms with Gasteiger partial charge >= 0.3 is 6.00 Å². The van der Waals surface area contributed by atoms with Crippen molar-refractivity contribution in [3.05, 3.63) is 23.3 Å². The van der Waals surface area contributed by atoms with E-state index in [1.54, 1.807) is 0 Å². The van der Waals surface area contributed by atoms with Crippen molar-refractivity contribution in [3.8, 4) is 0 Å². The summed E-state index contributed by atoms with van der Waals surface area (Å²) in [5.74, 6) is -10.1. The Labute approximate surface area is 101 Å². The lowest BCUT2D eigenvalue weighted by Gasteiger charge is -2.33. The molecular formula is C6HCl3F6Si. The van der Waals surface area contributed by atoms with Crippen molar-refractivity contribution < 1.29 is 26.3 Å². The van der Waals surface area contributed by atoms with E-state index in [4.69, 9.17) is 33.2 Å². The van der Waals surface area contributed by atoms with Crippen LogP contribution >= 0.6 is 33.2 Å². The number of rotatable bonds is 1. The summed E-state index contributed by atoms with van der Waals surface area (Å²) in [6, 6.07) is -4.86. The largest absolute Gasteiger partial charge is 0.389 e. The number of halogens is 9. The number of alkyl halides is 2. The van der Waals surface area contributed by atoms with Crippen molar-refractivity contribution in [3.63, 3.8) is 0 Å². The van der Waals surface area contributed by atoms with Crippen molar-refractivity contribution >= 4 is 39.2 Å². The minimum atomic E-state index is -4.86. The summed E-state index contributed by atoms with van der Waals surface area (Å²) in [7, 11) is 0. The van der Waals surface area contributed by atoms with Crippen LogP contribution < -0.4 is 0 Å². The Morgan fingerprint density at radius 3 is 1.81 bits per heavy atom. The predicted octanol–water partition coefficient (Wildman–Crippen LogP) is 4.54. The average Bonchev–Trinajstić information content (AvgIpc) is 2.19. The van der Waals surface area contributed by atoms with E-state index in [0.29, 0.717) is 0 Å². The molecular weight excluding hydrogens is 320 g/mol. The highest BCUT2D eigenvalue weighted by molar-refractivity contribution is 7.66. The van der Waals surface area contributed by atoms with Crippen molar-refractivity contribution in [2.75, 3.05) is 0 Å². The van der Waals surface area contributed by atoms with Crippen LogP contribution in [0.5, 0.6) is 0 Å². The molecule has 0 aromatic heterocycles. The molecule has 1 rings (SSSR count). The van der Waals surface area contributed by atoms with Gasteiger partial charge in [-0.1, -0.05) is 0 Å². The van der Waals surface area contributed by atoms with Crippen LogP contribution in [-0.4, -0.2) is 17.5 Å². The lowest BCUT2D eigenvalue weighted by molar-refractivity contribution is 0.121. The zero-order valence-corrected chi connectivity index (χ0v) is 10.2. The van der Waals surface area contributed by atoms with Gasteiger partial charge in [-0.3, -0.25) is 0 Å². The fraction of sp³-hybridized carbons (Fsp3) is 0.333. The minimum Gasteiger partial charge on any atom is -0.236 e. The molecule has 0 saturated carbocycles. The van der Waals surface area contributed by atoms with Gasteiger partial charge in [-0.2, -0.15) is 0 Å². The van der Waals surface area contributed by atoms with Gasteiger partial charge in [0.25, 0.3) is 0 Å². The molecule has 0 saturated heterocycles. The van der Waals surface area contributed by atoms with Gasteiger partial charge in [0.1, 0.15) is 0 Å². The van der Waals surface area contributed by atoms with Gasteiger partial charge in [0.15, 0.2) is 29.5 Å². The fourth-order valence-electron chi connectivity index (χ4n) is 1.03. The second-order valence-electron chi connectivity index (χ2n) is 2.86. The van der Waals surface area contributed by atoms with E-state index in [1.807, 2.05) is 0 Å². The van der Waals surface area contributed by atoms with Crippen LogP contribution in [0.1, 0.15) is 0 Å². The highest BCUT2D eigenvalue weighted by Gasteiger charge is 2.67. The number of hydrogen-bond acceptors (Lipinski definition) is 0. The second kappa shape index (κ2) is 4.11. The highest BCUT2D eigenvalue weighted by atomic mass is 35.8. The van der Waals surface area contributed by atoms with Crippen molar-refractivity contribution in [1.29, 1.82) is 0 Å². The maximum atomic E-state index is 13.7. The lowest BCUT2D eigenvalue weighted by Crippen LogP contribution is -2.53. The summed E-state index contributed by atoms with van der Waals surface area (Å²) in [5, 5.41) is -4.11. The maximum Gasteiger partial charge on any atom is 0.389 e. The van der Waals surface area contributed by atoms with Crippen LogP contribution in [0.3, 0.4) is 0 Å². The Morgan fingerprint density at radius 2 is 1.44 bits per heavy atom. The van der Waals surface area contributed by atoms with Crippen LogP contribution in [0.2, 0.25) is 0 Å². The lowest BCUT2D eigenvalue weighted by atomic mass is 10.1. The molecule has 0 unspecified atom stereocenters. The molecule has 92 valence electrons. The molecule has 0 aromatic carbocycles. The van der Waals surface area contributed by atoms with Crippen LogP contribution in [0, 0.1) is 0 Å². The number of allylic oxidation sites excluding steroid dienone is 4. The first kappa shape index (κ1) is 14.2. The molecule has 0 spiro atoms. The third kappa shape index (κ3) is 1.77. The molecule has 16 heavy (non-hydrogen) atoms. The van der Waals surface area contributed by atoms with E-state index in [2.05, 4.69) is 0 Å². The first-order valence-corrected chi connectivity index (χ1v) is 8.59. The molecule has 10 heteroatoms. The quantitative estimate of drug-likeness (QED) is 0.378. The topological polar surface area (TPSA) is 0 Å². The van der Waals surface area contributed by atoms with E-state index in [1.165, 1.54) is 0 Å². The van der Waals surface area contributed by atoms with Crippen LogP contribution in [0.4, 0.5) is 26.3 Å². The van der Waals surface area contributed by atoms with Crippen LogP contribution in [0.25, 0.3) is 0 Å². The molecule has 0 amide bonds. The Hall–Kier alpha value is 0.147. The maximum absolute atomic E-state index is 13.7. The van der Waals surface area contributed by atoms with Gasteiger partial charge in [-0.05, 0) is 0 Å². The van der Waals surface area contributed by atoms with Gasteiger partial charge < -0.3 is 0 Å². The Morgan fingerprint density at radius 1 is 1.00 bits per heavy atom. The summed E-state index contributed by atoms with van der Waals surface area (Å²) in [6.07, 6.45) is -3.52. The van der Waals surface area contributed by atoms with Crippen LogP contribution in [0.15, 0.2) is 23.3 Å². The summed E-state index contributed by atoms with van der Waals surface area (Å²) in [4.78, 5) is 0. The summed E-state index contributed by atoms with van der Waals surface area (Å²) >= 11 is 15.1. The summed E-state index contributed by atoms with van der Waals surface area (Å²) < 4.78 is 77.8. The Bertz CT molecular complexity index is 388. The standard InChI is InChI=1S/C6HCl3F6Si/c7-16(8,9)6(15)4(13)2(11)1(10)3(12)5(6)14/h4H/t4-,6-/m0/s1. The Balaban J connectivity index is 3.48. The van der Waals surface area contributed by atoms with Gasteiger partial charge in [-0.25, -0.2) is 26.3 Å². The molecule has 1 aliphatic rings. The van der Waals surface area contributed by atoms with Gasteiger partial charge in [0, 0.05) is 0 Å². The predicted molar refractivity (Wildman–Crippen MR) is 50.5 cm³/mol. The van der Waals surface area contributed by atoms with Crippen LogP contribution in [-0.2, 0) is 0 Å². The summed E-state index contributed by atoms with van der Waals surface area (Å²) in [6.45, 7) is 0. The monoisotopic (exact) mass is 320 g/mol. The third-order valence-electron chi connectivity index (χ3n) is 1.90. The number of hydrogen-bond donors (Lipinski definition) is 0. The van der Waals surface area contributed by atoms with Gasteiger partial charge in [-0.15, -0.1) is 33.2 Å². The van der Waals surface area contributed by atoms with Crippen molar-refractivity contribution in [2.45, 2.75) is 11.5 Å². The second-order valence-corrected chi connectivity index (χ2v) is 11.4. The fourth-order valence-corrected chi connectivity index (χ4v) is 3.41. The molecule has 0 N–H and O–H groups in total. The molecule has 0 radical (unpaired) electrons. The van der Waals surface area contributed by atoms with Gasteiger partial charge in [0.05, 0.1) is 0 Å². The SMILES string of the molecule is FC1=C(F)[C@H](F)[C@](F)([Si](Cl)(Cl)Cl)C(F)=C1F. The molecule has 0 fully saturated rings. The molecule has 0 aromatic rings. The van der Waals surface area contributed by atoms with E-state index in [9.17, 15) is 26.3 Å². The zero-order valence-electron chi connectivity index (χ0n) is 6.98. The molecule has 1 aliphatic carbocycles. The van der Waals surface area contributed by atoms with Gasteiger partial charge in [0.2, 0.25) is 5.29 Å². The first-order valence-electron chi connectivity index (χ1n) is 3.56. The molecule has 0 aliphatic heterocycles. The smallest absolute Gasteiger partial charge is 0.236 e. The molecule has 0 nitrogen and oxygen atoms in total. The third-order valence-corrected chi connectivity index (χ3v) is 5.67. The van der Waals surface area contributed by atoms with Crippen molar-refractivity contribution in [1.82, 2.24) is 0 Å². The average molecular weight is 322 g/mol. The highest BCUT2D eigenvalue weighted by Crippen LogP contribution is 2.52. The normalized spacial score (nSPS) is 32.4. The van der Waals surface area contributed by atoms with E-state index < -0.39 is 40.8 Å². The molecule has 2 atom stereocenters. The minimum absolute atomic E-state index is 2.47. The molecule has 0 bridgehead atoms. The van der Waals surface area contributed by atoms with Crippen molar-refractivity contribution in [2.24, 2.45) is 0 Å². The van der Waals surface area contributed by atoms with E-state index >= 15 is 0 Å². The van der Waals surface area contributed by atoms with E-state index in [0.717, 1.165) is 0 Å². The Kier molecular flexibility index (Phi) is 3.65. The first-order chi connectivity index (χ1) is 7.05. The molecule has 0 heterocycles.